The average Bonchev–Trinajstić information content (AvgIpc) is 2.70. The van der Waals surface area contributed by atoms with Gasteiger partial charge in [-0.15, -0.1) is 0 Å². The van der Waals surface area contributed by atoms with Gasteiger partial charge in [-0.3, -0.25) is 9.59 Å². The van der Waals surface area contributed by atoms with E-state index in [1.165, 1.54) is 14.2 Å². The number of hydrogen-bond acceptors (Lipinski definition) is 5. The van der Waals surface area contributed by atoms with Crippen LogP contribution in [0.2, 0.25) is 0 Å². The van der Waals surface area contributed by atoms with Crippen molar-refractivity contribution in [3.63, 3.8) is 0 Å². The zero-order chi connectivity index (χ0) is 19.8. The molecule has 2 rings (SSSR count). The van der Waals surface area contributed by atoms with Gasteiger partial charge in [0.2, 0.25) is 0 Å². The van der Waals surface area contributed by atoms with E-state index in [1.807, 2.05) is 31.1 Å². The monoisotopic (exact) mass is 371 g/mol. The summed E-state index contributed by atoms with van der Waals surface area (Å²) in [5.41, 5.74) is 2.02. The van der Waals surface area contributed by atoms with E-state index in [0.29, 0.717) is 35.7 Å². The summed E-state index contributed by atoms with van der Waals surface area (Å²) < 4.78 is 10.3. The maximum Gasteiger partial charge on any atom is 0.251 e. The van der Waals surface area contributed by atoms with Crippen LogP contribution in [0.15, 0.2) is 42.5 Å². The van der Waals surface area contributed by atoms with Gasteiger partial charge in [-0.25, -0.2) is 0 Å². The van der Waals surface area contributed by atoms with Gasteiger partial charge in [0.25, 0.3) is 11.8 Å². The second-order valence-corrected chi connectivity index (χ2v) is 6.05. The van der Waals surface area contributed by atoms with Crippen molar-refractivity contribution in [2.75, 3.05) is 46.3 Å². The lowest BCUT2D eigenvalue weighted by Crippen LogP contribution is -2.34. The van der Waals surface area contributed by atoms with Gasteiger partial charge < -0.3 is 25.0 Å². The van der Waals surface area contributed by atoms with Crippen LogP contribution in [0.4, 0.5) is 5.69 Å². The second kappa shape index (κ2) is 9.47. The molecule has 0 aliphatic heterocycles. The highest BCUT2D eigenvalue weighted by molar-refractivity contribution is 5.95. The molecule has 0 saturated heterocycles. The maximum atomic E-state index is 12.3. The Kier molecular flexibility index (Phi) is 7.05. The molecule has 0 spiro atoms. The number of carbonyl (C=O) groups is 2. The minimum absolute atomic E-state index is 0.183. The Morgan fingerprint density at radius 3 is 1.74 bits per heavy atom. The number of benzene rings is 2. The molecule has 0 unspecified atom stereocenters. The van der Waals surface area contributed by atoms with E-state index in [2.05, 4.69) is 10.6 Å². The van der Waals surface area contributed by atoms with Crippen molar-refractivity contribution in [2.24, 2.45) is 0 Å². The number of methoxy groups -OCH3 is 2. The highest BCUT2D eigenvalue weighted by Gasteiger charge is 2.10. The SMILES string of the molecule is COc1cc(OC)cc(C(=O)NCCNC(=O)c2ccc(N(C)C)cc2)c1. The minimum Gasteiger partial charge on any atom is -0.497 e. The first kappa shape index (κ1) is 20.1. The van der Waals surface area contributed by atoms with Gasteiger partial charge in [0.1, 0.15) is 11.5 Å². The molecule has 2 aromatic rings. The summed E-state index contributed by atoms with van der Waals surface area (Å²) in [6.45, 7) is 0.626. The van der Waals surface area contributed by atoms with E-state index >= 15 is 0 Å². The predicted octanol–water partition coefficient (Wildman–Crippen LogP) is 1.93. The largest absolute Gasteiger partial charge is 0.497 e. The molecule has 7 nitrogen and oxygen atoms in total. The molecule has 0 bridgehead atoms. The molecule has 0 aliphatic rings. The van der Waals surface area contributed by atoms with Crippen LogP contribution in [-0.2, 0) is 0 Å². The van der Waals surface area contributed by atoms with Crippen molar-refractivity contribution < 1.29 is 19.1 Å². The number of rotatable bonds is 8. The van der Waals surface area contributed by atoms with E-state index in [9.17, 15) is 9.59 Å². The molecular formula is C20H25N3O4. The van der Waals surface area contributed by atoms with Crippen LogP contribution >= 0.6 is 0 Å². The molecule has 7 heteroatoms. The van der Waals surface area contributed by atoms with Crippen molar-refractivity contribution in [1.29, 1.82) is 0 Å². The van der Waals surface area contributed by atoms with Crippen molar-refractivity contribution in [2.45, 2.75) is 0 Å². The topological polar surface area (TPSA) is 79.9 Å². The molecule has 0 fully saturated rings. The highest BCUT2D eigenvalue weighted by atomic mass is 16.5. The standard InChI is InChI=1S/C20H25N3O4/c1-23(2)16-7-5-14(6-8-16)19(24)21-9-10-22-20(25)15-11-17(26-3)13-18(12-15)27-4/h5-8,11-13H,9-10H2,1-4H3,(H,21,24)(H,22,25). The van der Waals surface area contributed by atoms with Crippen LogP contribution in [-0.4, -0.2) is 53.2 Å². The van der Waals surface area contributed by atoms with Gasteiger partial charge in [0.05, 0.1) is 14.2 Å². The van der Waals surface area contributed by atoms with Crippen LogP contribution in [0, 0.1) is 0 Å². The first-order chi connectivity index (χ1) is 12.9. The minimum atomic E-state index is -0.267. The Bertz CT molecular complexity index is 766. The summed E-state index contributed by atoms with van der Waals surface area (Å²) in [6.07, 6.45) is 0. The molecule has 0 heterocycles. The zero-order valence-corrected chi connectivity index (χ0v) is 16.0. The van der Waals surface area contributed by atoms with Crippen molar-refractivity contribution in [3.05, 3.63) is 53.6 Å². The third-order valence-electron chi connectivity index (χ3n) is 3.96. The summed E-state index contributed by atoms with van der Waals surface area (Å²) in [6, 6.07) is 12.3. The number of nitrogens with one attached hydrogen (secondary N) is 2. The van der Waals surface area contributed by atoms with Crippen molar-refractivity contribution in [1.82, 2.24) is 10.6 Å². The Balaban J connectivity index is 1.84. The summed E-state index contributed by atoms with van der Waals surface area (Å²) in [5.74, 6) is 0.623. The molecule has 27 heavy (non-hydrogen) atoms. The van der Waals surface area contributed by atoms with Crippen LogP contribution in [0.3, 0.4) is 0 Å². The lowest BCUT2D eigenvalue weighted by Gasteiger charge is -2.13. The quantitative estimate of drug-likeness (QED) is 0.693. The fraction of sp³-hybridized carbons (Fsp3) is 0.300. The maximum absolute atomic E-state index is 12.3. The van der Waals surface area contributed by atoms with E-state index in [-0.39, 0.29) is 11.8 Å². The molecular weight excluding hydrogens is 346 g/mol. The molecule has 0 saturated carbocycles. The van der Waals surface area contributed by atoms with Crippen LogP contribution in [0.1, 0.15) is 20.7 Å². The van der Waals surface area contributed by atoms with Crippen LogP contribution in [0.5, 0.6) is 11.5 Å². The number of ether oxygens (including phenoxy) is 2. The van der Waals surface area contributed by atoms with E-state index in [4.69, 9.17) is 9.47 Å². The number of hydrogen-bond donors (Lipinski definition) is 2. The summed E-state index contributed by atoms with van der Waals surface area (Å²) in [5, 5.41) is 5.54. The lowest BCUT2D eigenvalue weighted by molar-refractivity contribution is 0.0927. The number of amides is 2. The lowest BCUT2D eigenvalue weighted by atomic mass is 10.2. The third kappa shape index (κ3) is 5.64. The summed E-state index contributed by atoms with van der Waals surface area (Å²) >= 11 is 0. The Morgan fingerprint density at radius 1 is 0.815 bits per heavy atom. The predicted molar refractivity (Wildman–Crippen MR) is 105 cm³/mol. The number of nitrogens with zero attached hydrogens (tertiary/aromatic N) is 1. The molecule has 0 aromatic heterocycles. The third-order valence-corrected chi connectivity index (χ3v) is 3.96. The van der Waals surface area contributed by atoms with E-state index < -0.39 is 0 Å². The molecule has 2 amide bonds. The molecule has 2 N–H and O–H groups in total. The highest BCUT2D eigenvalue weighted by Crippen LogP contribution is 2.22. The summed E-state index contributed by atoms with van der Waals surface area (Å²) in [4.78, 5) is 26.4. The van der Waals surface area contributed by atoms with Gasteiger partial charge in [0.15, 0.2) is 0 Å². The fourth-order valence-corrected chi connectivity index (χ4v) is 2.41. The van der Waals surface area contributed by atoms with Gasteiger partial charge in [-0.05, 0) is 36.4 Å². The van der Waals surface area contributed by atoms with Gasteiger partial charge in [-0.2, -0.15) is 0 Å². The molecule has 0 aliphatic carbocycles. The number of anilines is 1. The van der Waals surface area contributed by atoms with Gasteiger partial charge in [0, 0.05) is 50.1 Å². The molecule has 2 aromatic carbocycles. The Labute approximate surface area is 159 Å². The van der Waals surface area contributed by atoms with Crippen LogP contribution in [0.25, 0.3) is 0 Å². The zero-order valence-electron chi connectivity index (χ0n) is 16.0. The van der Waals surface area contributed by atoms with Crippen LogP contribution < -0.4 is 25.0 Å². The van der Waals surface area contributed by atoms with Crippen molar-refractivity contribution in [3.8, 4) is 11.5 Å². The first-order valence-electron chi connectivity index (χ1n) is 8.51. The van der Waals surface area contributed by atoms with Crippen molar-refractivity contribution >= 4 is 17.5 Å². The van der Waals surface area contributed by atoms with Gasteiger partial charge >= 0.3 is 0 Å². The Morgan fingerprint density at radius 2 is 1.30 bits per heavy atom. The first-order valence-corrected chi connectivity index (χ1v) is 8.51. The van der Waals surface area contributed by atoms with Gasteiger partial charge in [-0.1, -0.05) is 0 Å². The fourth-order valence-electron chi connectivity index (χ4n) is 2.41. The van der Waals surface area contributed by atoms with E-state index in [0.717, 1.165) is 5.69 Å². The number of carbonyl (C=O) groups excluding carboxylic acids is 2. The Hall–Kier alpha value is -3.22. The molecule has 0 radical (unpaired) electrons. The molecule has 0 atom stereocenters. The molecule has 144 valence electrons. The van der Waals surface area contributed by atoms with E-state index in [1.54, 1.807) is 30.3 Å². The normalized spacial score (nSPS) is 10.1. The smallest absolute Gasteiger partial charge is 0.251 e. The second-order valence-electron chi connectivity index (χ2n) is 6.05. The summed E-state index contributed by atoms with van der Waals surface area (Å²) in [7, 11) is 6.93. The average molecular weight is 371 g/mol.